The first-order chi connectivity index (χ1) is 9.74. The monoisotopic (exact) mass is 268 g/mol. The van der Waals surface area contributed by atoms with Crippen LogP contribution in [0, 0.1) is 6.92 Å². The summed E-state index contributed by atoms with van der Waals surface area (Å²) in [5, 5.41) is 7.74. The number of nitrogens with one attached hydrogen (secondary N) is 1. The van der Waals surface area contributed by atoms with Crippen LogP contribution in [0.25, 0.3) is 11.3 Å². The SMILES string of the molecule is Cc1ccncc1-c1nn2c(c1C1CC1)NC(=O)CC2. The van der Waals surface area contributed by atoms with E-state index in [2.05, 4.69) is 17.2 Å². The largest absolute Gasteiger partial charge is 0.311 e. The van der Waals surface area contributed by atoms with E-state index in [-0.39, 0.29) is 5.91 Å². The summed E-state index contributed by atoms with van der Waals surface area (Å²) in [5.74, 6) is 1.53. The fraction of sp³-hybridized carbons (Fsp3) is 0.400. The van der Waals surface area contributed by atoms with Crippen LogP contribution in [0.4, 0.5) is 5.82 Å². The molecule has 2 aliphatic rings. The van der Waals surface area contributed by atoms with E-state index < -0.39 is 0 Å². The molecule has 1 fully saturated rings. The van der Waals surface area contributed by atoms with Crippen LogP contribution in [0.3, 0.4) is 0 Å². The van der Waals surface area contributed by atoms with E-state index in [0.29, 0.717) is 18.9 Å². The number of fused-ring (bicyclic) bond motifs is 1. The predicted molar refractivity (Wildman–Crippen MR) is 75.4 cm³/mol. The van der Waals surface area contributed by atoms with Crippen molar-refractivity contribution in [2.24, 2.45) is 0 Å². The maximum Gasteiger partial charge on any atom is 0.227 e. The molecule has 0 atom stereocenters. The molecule has 5 nitrogen and oxygen atoms in total. The number of carbonyl (C=O) groups excluding carboxylic acids is 1. The molecule has 1 saturated carbocycles. The molecule has 5 heteroatoms. The Hall–Kier alpha value is -2.17. The summed E-state index contributed by atoms with van der Waals surface area (Å²) in [4.78, 5) is 15.9. The molecule has 0 unspecified atom stereocenters. The van der Waals surface area contributed by atoms with Gasteiger partial charge >= 0.3 is 0 Å². The van der Waals surface area contributed by atoms with Gasteiger partial charge in [-0.05, 0) is 37.3 Å². The zero-order valence-corrected chi connectivity index (χ0v) is 11.4. The molecule has 102 valence electrons. The molecule has 0 bridgehead atoms. The van der Waals surface area contributed by atoms with E-state index in [0.717, 1.165) is 17.1 Å². The molecule has 1 amide bonds. The van der Waals surface area contributed by atoms with Crippen LogP contribution in [0.15, 0.2) is 18.5 Å². The maximum atomic E-state index is 11.7. The number of anilines is 1. The number of pyridine rings is 1. The summed E-state index contributed by atoms with van der Waals surface area (Å²) >= 11 is 0. The number of carbonyl (C=O) groups is 1. The molecule has 0 radical (unpaired) electrons. The number of hydrogen-bond donors (Lipinski definition) is 1. The first kappa shape index (κ1) is 11.6. The lowest BCUT2D eigenvalue weighted by atomic mass is 10.0. The Bertz CT molecular complexity index is 700. The quantitative estimate of drug-likeness (QED) is 0.910. The average Bonchev–Trinajstić information content (AvgIpc) is 3.20. The van der Waals surface area contributed by atoms with Crippen molar-refractivity contribution in [1.82, 2.24) is 14.8 Å². The van der Waals surface area contributed by atoms with Crippen molar-refractivity contribution in [1.29, 1.82) is 0 Å². The second-order valence-corrected chi connectivity index (χ2v) is 5.60. The van der Waals surface area contributed by atoms with Gasteiger partial charge in [-0.25, -0.2) is 4.68 Å². The van der Waals surface area contributed by atoms with E-state index in [9.17, 15) is 4.79 Å². The Labute approximate surface area is 117 Å². The van der Waals surface area contributed by atoms with Crippen LogP contribution in [-0.4, -0.2) is 20.7 Å². The summed E-state index contributed by atoms with van der Waals surface area (Å²) in [6.45, 7) is 2.74. The molecule has 0 spiro atoms. The van der Waals surface area contributed by atoms with Gasteiger partial charge in [-0.15, -0.1) is 0 Å². The Morgan fingerprint density at radius 2 is 2.25 bits per heavy atom. The number of rotatable bonds is 2. The topological polar surface area (TPSA) is 59.8 Å². The summed E-state index contributed by atoms with van der Waals surface area (Å²) in [6, 6.07) is 2.00. The summed E-state index contributed by atoms with van der Waals surface area (Å²) in [5.41, 5.74) is 4.44. The van der Waals surface area contributed by atoms with Gasteiger partial charge in [-0.1, -0.05) is 0 Å². The molecular formula is C15H16N4O. The fourth-order valence-electron chi connectivity index (χ4n) is 2.84. The van der Waals surface area contributed by atoms with Gasteiger partial charge in [0.2, 0.25) is 5.91 Å². The Morgan fingerprint density at radius 3 is 3.00 bits per heavy atom. The normalized spacial score (nSPS) is 17.8. The van der Waals surface area contributed by atoms with Crippen LogP contribution in [0.2, 0.25) is 0 Å². The second kappa shape index (κ2) is 4.16. The minimum Gasteiger partial charge on any atom is -0.311 e. The molecule has 1 aliphatic carbocycles. The number of amides is 1. The van der Waals surface area contributed by atoms with Crippen molar-refractivity contribution >= 4 is 11.7 Å². The van der Waals surface area contributed by atoms with E-state index in [1.807, 2.05) is 16.9 Å². The predicted octanol–water partition coefficient (Wildman–Crippen LogP) is 2.47. The smallest absolute Gasteiger partial charge is 0.227 e. The minimum absolute atomic E-state index is 0.0914. The van der Waals surface area contributed by atoms with Gasteiger partial charge in [0.05, 0.1) is 12.2 Å². The average molecular weight is 268 g/mol. The third kappa shape index (κ3) is 1.73. The van der Waals surface area contributed by atoms with Crippen LogP contribution < -0.4 is 5.32 Å². The Morgan fingerprint density at radius 1 is 1.40 bits per heavy atom. The van der Waals surface area contributed by atoms with Gasteiger partial charge in [0.1, 0.15) is 5.82 Å². The Balaban J connectivity index is 1.92. The van der Waals surface area contributed by atoms with Crippen molar-refractivity contribution in [3.05, 3.63) is 29.6 Å². The van der Waals surface area contributed by atoms with Crippen LogP contribution in [-0.2, 0) is 11.3 Å². The molecule has 1 N–H and O–H groups in total. The highest BCUT2D eigenvalue weighted by molar-refractivity contribution is 5.93. The summed E-state index contributed by atoms with van der Waals surface area (Å²) in [7, 11) is 0. The van der Waals surface area contributed by atoms with Crippen molar-refractivity contribution in [2.45, 2.75) is 38.6 Å². The molecule has 20 heavy (non-hydrogen) atoms. The molecule has 4 rings (SSSR count). The van der Waals surface area contributed by atoms with Crippen molar-refractivity contribution in [3.8, 4) is 11.3 Å². The molecule has 3 heterocycles. The maximum absolute atomic E-state index is 11.7. The minimum atomic E-state index is 0.0914. The van der Waals surface area contributed by atoms with Gasteiger partial charge in [0, 0.05) is 29.9 Å². The van der Waals surface area contributed by atoms with Crippen molar-refractivity contribution < 1.29 is 4.79 Å². The number of nitrogens with zero attached hydrogens (tertiary/aromatic N) is 3. The van der Waals surface area contributed by atoms with Crippen LogP contribution in [0.5, 0.6) is 0 Å². The lowest BCUT2D eigenvalue weighted by molar-refractivity contribution is -0.116. The fourth-order valence-corrected chi connectivity index (χ4v) is 2.84. The highest BCUT2D eigenvalue weighted by Crippen LogP contribution is 2.48. The van der Waals surface area contributed by atoms with Gasteiger partial charge in [0.25, 0.3) is 0 Å². The second-order valence-electron chi connectivity index (χ2n) is 5.60. The number of aryl methyl sites for hydroxylation is 2. The lowest BCUT2D eigenvalue weighted by Crippen LogP contribution is -2.24. The number of hydrogen-bond acceptors (Lipinski definition) is 3. The Kier molecular flexibility index (Phi) is 2.42. The van der Waals surface area contributed by atoms with Crippen LogP contribution >= 0.6 is 0 Å². The van der Waals surface area contributed by atoms with Crippen molar-refractivity contribution in [3.63, 3.8) is 0 Å². The molecule has 2 aromatic rings. The van der Waals surface area contributed by atoms with Gasteiger partial charge in [0.15, 0.2) is 0 Å². The van der Waals surface area contributed by atoms with Gasteiger partial charge in [-0.3, -0.25) is 9.78 Å². The van der Waals surface area contributed by atoms with Gasteiger partial charge in [-0.2, -0.15) is 5.10 Å². The van der Waals surface area contributed by atoms with Crippen molar-refractivity contribution in [2.75, 3.05) is 5.32 Å². The summed E-state index contributed by atoms with van der Waals surface area (Å²) < 4.78 is 1.94. The molecule has 0 aromatic carbocycles. The highest BCUT2D eigenvalue weighted by atomic mass is 16.1. The molecule has 1 aliphatic heterocycles. The zero-order chi connectivity index (χ0) is 13.7. The lowest BCUT2D eigenvalue weighted by Gasteiger charge is -2.15. The third-order valence-electron chi connectivity index (χ3n) is 4.08. The van der Waals surface area contributed by atoms with E-state index in [1.165, 1.54) is 24.0 Å². The summed E-state index contributed by atoms with van der Waals surface area (Å²) in [6.07, 6.45) is 6.54. The number of aromatic nitrogens is 3. The molecule has 2 aromatic heterocycles. The molecule has 0 saturated heterocycles. The third-order valence-corrected chi connectivity index (χ3v) is 4.08. The highest BCUT2D eigenvalue weighted by Gasteiger charge is 2.35. The standard InChI is InChI=1S/C15H16N4O/c1-9-4-6-16-8-11(9)14-13(10-2-3-10)15-17-12(20)5-7-19(15)18-14/h4,6,8,10H,2-3,5,7H2,1H3,(H,17,20). The van der Waals surface area contributed by atoms with E-state index >= 15 is 0 Å². The first-order valence-electron chi connectivity index (χ1n) is 7.05. The zero-order valence-electron chi connectivity index (χ0n) is 11.4. The van der Waals surface area contributed by atoms with Crippen LogP contribution in [0.1, 0.15) is 36.3 Å². The van der Waals surface area contributed by atoms with E-state index in [1.54, 1.807) is 6.20 Å². The molecular weight excluding hydrogens is 252 g/mol. The van der Waals surface area contributed by atoms with Gasteiger partial charge < -0.3 is 5.32 Å². The van der Waals surface area contributed by atoms with E-state index in [4.69, 9.17) is 5.10 Å². The first-order valence-corrected chi connectivity index (χ1v) is 7.05.